The first-order valence-corrected chi connectivity index (χ1v) is 9.25. The fraction of sp³-hybridized carbons (Fsp3) is 0.471. The summed E-state index contributed by atoms with van der Waals surface area (Å²) in [6.07, 6.45) is 0. The Balaban J connectivity index is 1.88. The van der Waals surface area contributed by atoms with Crippen LogP contribution in [0.4, 0.5) is 4.79 Å². The van der Waals surface area contributed by atoms with Gasteiger partial charge in [0.25, 0.3) is 0 Å². The Labute approximate surface area is 151 Å². The number of nitrogens with zero attached hydrogens (tertiary/aromatic N) is 2. The van der Waals surface area contributed by atoms with Crippen LogP contribution < -0.4 is 10.6 Å². The normalized spacial score (nSPS) is 15.1. The summed E-state index contributed by atoms with van der Waals surface area (Å²) in [5.41, 5.74) is 1.16. The van der Waals surface area contributed by atoms with Crippen molar-refractivity contribution < 1.29 is 14.3 Å². The monoisotopic (exact) mass is 362 g/mol. The second-order valence-electron chi connectivity index (χ2n) is 5.48. The van der Waals surface area contributed by atoms with E-state index < -0.39 is 6.04 Å². The molecule has 0 saturated carbocycles. The Morgan fingerprint density at radius 1 is 1.28 bits per heavy atom. The number of ether oxygens (including phenoxy) is 1. The predicted octanol–water partition coefficient (Wildman–Crippen LogP) is 0.970. The number of thioether (sulfide) groups is 1. The van der Waals surface area contributed by atoms with Gasteiger partial charge in [-0.3, -0.25) is 4.79 Å². The van der Waals surface area contributed by atoms with Crippen molar-refractivity contribution in [2.75, 3.05) is 38.6 Å². The Kier molecular flexibility index (Phi) is 8.09. The van der Waals surface area contributed by atoms with Crippen LogP contribution in [0.1, 0.15) is 5.56 Å². The van der Waals surface area contributed by atoms with Crippen LogP contribution >= 0.6 is 11.8 Å². The van der Waals surface area contributed by atoms with Gasteiger partial charge in [-0.15, -0.1) is 0 Å². The zero-order valence-electron chi connectivity index (χ0n) is 13.9. The van der Waals surface area contributed by atoms with Gasteiger partial charge in [-0.2, -0.15) is 17.0 Å². The summed E-state index contributed by atoms with van der Waals surface area (Å²) in [4.78, 5) is 26.2. The van der Waals surface area contributed by atoms with E-state index in [1.165, 1.54) is 0 Å². The predicted molar refractivity (Wildman–Crippen MR) is 95.9 cm³/mol. The standard InChI is InChI=1S/C17H22N4O3S/c18-6-7-19-16(22)15(13-25-12-14-4-2-1-3-5-14)20-17(23)21-8-10-24-11-9-21/h1-5,15H,7-13H2,(H,19,22)(H,20,23)/t15-/m0/s1. The van der Waals surface area contributed by atoms with Gasteiger partial charge in [0, 0.05) is 24.6 Å². The molecule has 0 bridgehead atoms. The molecule has 3 amide bonds. The lowest BCUT2D eigenvalue weighted by Crippen LogP contribution is -2.54. The highest BCUT2D eigenvalue weighted by molar-refractivity contribution is 7.98. The number of hydrogen-bond donors (Lipinski definition) is 2. The summed E-state index contributed by atoms with van der Waals surface area (Å²) in [6.45, 7) is 1.94. The first-order valence-electron chi connectivity index (χ1n) is 8.10. The zero-order chi connectivity index (χ0) is 17.9. The van der Waals surface area contributed by atoms with Crippen LogP contribution in [0.3, 0.4) is 0 Å². The molecule has 25 heavy (non-hydrogen) atoms. The minimum absolute atomic E-state index is 0.0773. The van der Waals surface area contributed by atoms with Gasteiger partial charge in [0.15, 0.2) is 0 Å². The quantitative estimate of drug-likeness (QED) is 0.705. The lowest BCUT2D eigenvalue weighted by atomic mass is 10.2. The number of amides is 3. The maximum atomic E-state index is 12.3. The molecule has 1 aromatic carbocycles. The molecule has 7 nitrogen and oxygen atoms in total. The van der Waals surface area contributed by atoms with Crippen molar-refractivity contribution in [2.24, 2.45) is 0 Å². The van der Waals surface area contributed by atoms with Crippen LogP contribution in [-0.4, -0.2) is 61.5 Å². The lowest BCUT2D eigenvalue weighted by molar-refractivity contribution is -0.122. The Morgan fingerprint density at radius 2 is 2.00 bits per heavy atom. The maximum Gasteiger partial charge on any atom is 0.318 e. The van der Waals surface area contributed by atoms with Crippen molar-refractivity contribution in [2.45, 2.75) is 11.8 Å². The van der Waals surface area contributed by atoms with Gasteiger partial charge in [0.1, 0.15) is 12.6 Å². The van der Waals surface area contributed by atoms with E-state index in [-0.39, 0.29) is 18.5 Å². The molecule has 1 fully saturated rings. The Morgan fingerprint density at radius 3 is 2.68 bits per heavy atom. The Bertz CT molecular complexity index is 600. The van der Waals surface area contributed by atoms with Crippen LogP contribution in [-0.2, 0) is 15.3 Å². The van der Waals surface area contributed by atoms with E-state index in [4.69, 9.17) is 10.00 Å². The summed E-state index contributed by atoms with van der Waals surface area (Å²) < 4.78 is 5.23. The number of benzene rings is 1. The SMILES string of the molecule is N#CCNC(=O)[C@H](CSCc1ccccc1)NC(=O)N1CCOCC1. The van der Waals surface area contributed by atoms with Crippen LogP contribution in [0, 0.1) is 11.3 Å². The van der Waals surface area contributed by atoms with Crippen molar-refractivity contribution in [3.63, 3.8) is 0 Å². The Hall–Kier alpha value is -2.24. The summed E-state index contributed by atoms with van der Waals surface area (Å²) >= 11 is 1.56. The highest BCUT2D eigenvalue weighted by Gasteiger charge is 2.24. The molecule has 0 unspecified atom stereocenters. The van der Waals surface area contributed by atoms with Gasteiger partial charge in [-0.1, -0.05) is 30.3 Å². The molecule has 1 saturated heterocycles. The maximum absolute atomic E-state index is 12.3. The molecule has 1 aromatic rings. The van der Waals surface area contributed by atoms with E-state index in [1.807, 2.05) is 36.4 Å². The number of rotatable bonds is 7. The molecule has 134 valence electrons. The molecule has 1 heterocycles. The number of urea groups is 1. The van der Waals surface area contributed by atoms with E-state index in [0.717, 1.165) is 11.3 Å². The van der Waals surface area contributed by atoms with Crippen molar-refractivity contribution in [1.29, 1.82) is 5.26 Å². The molecule has 8 heteroatoms. The van der Waals surface area contributed by atoms with Gasteiger partial charge in [0.2, 0.25) is 5.91 Å². The van der Waals surface area contributed by atoms with Gasteiger partial charge >= 0.3 is 6.03 Å². The first-order chi connectivity index (χ1) is 12.2. The van der Waals surface area contributed by atoms with Gasteiger partial charge in [0.05, 0.1) is 19.3 Å². The van der Waals surface area contributed by atoms with Crippen LogP contribution in [0.2, 0.25) is 0 Å². The fourth-order valence-electron chi connectivity index (χ4n) is 2.31. The molecule has 0 spiro atoms. The van der Waals surface area contributed by atoms with E-state index in [0.29, 0.717) is 32.1 Å². The summed E-state index contributed by atoms with van der Waals surface area (Å²) in [7, 11) is 0. The van der Waals surface area contributed by atoms with Crippen molar-refractivity contribution in [1.82, 2.24) is 15.5 Å². The van der Waals surface area contributed by atoms with Crippen molar-refractivity contribution in [3.8, 4) is 6.07 Å². The molecule has 0 radical (unpaired) electrons. The minimum Gasteiger partial charge on any atom is -0.378 e. The van der Waals surface area contributed by atoms with Crippen molar-refractivity contribution >= 4 is 23.7 Å². The number of morpholine rings is 1. The largest absolute Gasteiger partial charge is 0.378 e. The zero-order valence-corrected chi connectivity index (χ0v) is 14.8. The summed E-state index contributed by atoms with van der Waals surface area (Å²) in [6, 6.07) is 10.8. The number of carbonyl (C=O) groups is 2. The van der Waals surface area contributed by atoms with E-state index >= 15 is 0 Å². The van der Waals surface area contributed by atoms with Crippen LogP contribution in [0.5, 0.6) is 0 Å². The number of hydrogen-bond acceptors (Lipinski definition) is 5. The third-order valence-corrected chi connectivity index (χ3v) is 4.76. The third-order valence-electron chi connectivity index (χ3n) is 3.65. The van der Waals surface area contributed by atoms with Gasteiger partial charge in [-0.05, 0) is 5.56 Å². The number of nitriles is 1. The molecule has 2 rings (SSSR count). The van der Waals surface area contributed by atoms with Gasteiger partial charge in [-0.25, -0.2) is 4.79 Å². The summed E-state index contributed by atoms with van der Waals surface area (Å²) in [5, 5.41) is 13.9. The molecule has 0 aliphatic carbocycles. The lowest BCUT2D eigenvalue weighted by Gasteiger charge is -2.29. The molecule has 1 aliphatic heterocycles. The van der Waals surface area contributed by atoms with E-state index in [2.05, 4.69) is 10.6 Å². The second-order valence-corrected chi connectivity index (χ2v) is 6.51. The van der Waals surface area contributed by atoms with Crippen LogP contribution in [0.25, 0.3) is 0 Å². The smallest absolute Gasteiger partial charge is 0.318 e. The molecular weight excluding hydrogens is 340 g/mol. The molecule has 2 N–H and O–H groups in total. The number of carbonyl (C=O) groups excluding carboxylic acids is 2. The van der Waals surface area contributed by atoms with Gasteiger partial charge < -0.3 is 20.3 Å². The van der Waals surface area contributed by atoms with Crippen LogP contribution in [0.15, 0.2) is 30.3 Å². The average Bonchev–Trinajstić information content (AvgIpc) is 2.66. The second kappa shape index (κ2) is 10.6. The average molecular weight is 362 g/mol. The first kappa shape index (κ1) is 19.1. The summed E-state index contributed by atoms with van der Waals surface area (Å²) in [5.74, 6) is 0.835. The molecule has 1 atom stereocenters. The van der Waals surface area contributed by atoms with E-state index in [1.54, 1.807) is 16.7 Å². The van der Waals surface area contributed by atoms with Crippen molar-refractivity contribution in [3.05, 3.63) is 35.9 Å². The molecular formula is C17H22N4O3S. The third kappa shape index (κ3) is 6.64. The number of nitrogens with one attached hydrogen (secondary N) is 2. The topological polar surface area (TPSA) is 94.5 Å². The minimum atomic E-state index is -0.683. The molecule has 0 aromatic heterocycles. The highest BCUT2D eigenvalue weighted by atomic mass is 32.2. The highest BCUT2D eigenvalue weighted by Crippen LogP contribution is 2.13. The molecule has 1 aliphatic rings. The van der Waals surface area contributed by atoms with E-state index in [9.17, 15) is 9.59 Å². The fourth-order valence-corrected chi connectivity index (χ4v) is 3.32.